The molecular weight excluding hydrogens is 308 g/mol. The maximum Gasteiger partial charge on any atom is 0.265 e. The molecule has 0 unspecified atom stereocenters. The number of nitrogens with two attached hydrogens (primary N) is 1. The topological polar surface area (TPSA) is 101 Å². The number of imidazole rings is 1. The molecule has 0 amide bonds. The van der Waals surface area contributed by atoms with Crippen molar-refractivity contribution in [2.45, 2.75) is 4.90 Å². The molecule has 0 aliphatic heterocycles. The van der Waals surface area contributed by atoms with Gasteiger partial charge in [0.25, 0.3) is 10.0 Å². The van der Waals surface area contributed by atoms with Crippen molar-refractivity contribution in [3.05, 3.63) is 35.1 Å². The number of H-pyrrole nitrogens is 1. The van der Waals surface area contributed by atoms with E-state index in [0.29, 0.717) is 10.2 Å². The number of nitrogen functional groups attached to an aromatic ring is 1. The lowest BCUT2D eigenvalue weighted by Gasteiger charge is -2.07. The van der Waals surface area contributed by atoms with Crippen LogP contribution < -0.4 is 10.5 Å². The highest BCUT2D eigenvalue weighted by molar-refractivity contribution is 9.10. The Labute approximate surface area is 106 Å². The van der Waals surface area contributed by atoms with Crippen molar-refractivity contribution in [2.24, 2.45) is 0 Å². The molecule has 0 radical (unpaired) electrons. The van der Waals surface area contributed by atoms with Crippen molar-refractivity contribution in [3.63, 3.8) is 0 Å². The number of rotatable bonds is 3. The summed E-state index contributed by atoms with van der Waals surface area (Å²) in [5.41, 5.74) is 5.93. The van der Waals surface area contributed by atoms with Crippen molar-refractivity contribution in [3.8, 4) is 0 Å². The molecule has 2 rings (SSSR count). The number of anilines is 2. The number of nitrogens with zero attached hydrogens (tertiary/aromatic N) is 1. The van der Waals surface area contributed by atoms with Gasteiger partial charge in [0.15, 0.2) is 0 Å². The fourth-order valence-corrected chi connectivity index (χ4v) is 3.21. The maximum absolute atomic E-state index is 12.0. The molecule has 0 aliphatic carbocycles. The third-order valence-electron chi connectivity index (χ3n) is 1.97. The minimum atomic E-state index is -3.71. The van der Waals surface area contributed by atoms with E-state index in [2.05, 4.69) is 30.6 Å². The van der Waals surface area contributed by atoms with Crippen LogP contribution in [0.25, 0.3) is 0 Å². The van der Waals surface area contributed by atoms with E-state index in [1.54, 1.807) is 12.1 Å². The molecule has 17 heavy (non-hydrogen) atoms. The summed E-state index contributed by atoms with van der Waals surface area (Å²) >= 11 is 3.17. The molecule has 6 nitrogen and oxygen atoms in total. The number of hydrogen-bond acceptors (Lipinski definition) is 4. The van der Waals surface area contributed by atoms with E-state index in [-0.39, 0.29) is 10.8 Å². The van der Waals surface area contributed by atoms with Crippen molar-refractivity contribution < 1.29 is 8.42 Å². The van der Waals surface area contributed by atoms with Gasteiger partial charge in [-0.2, -0.15) is 0 Å². The molecule has 8 heteroatoms. The van der Waals surface area contributed by atoms with Crippen LogP contribution in [-0.2, 0) is 10.0 Å². The first-order valence-corrected chi connectivity index (χ1v) is 6.84. The van der Waals surface area contributed by atoms with Gasteiger partial charge in [0.2, 0.25) is 5.95 Å². The smallest absolute Gasteiger partial charge is 0.265 e. The van der Waals surface area contributed by atoms with Gasteiger partial charge in [-0.25, -0.2) is 18.1 Å². The van der Waals surface area contributed by atoms with Crippen molar-refractivity contribution in [1.29, 1.82) is 0 Å². The van der Waals surface area contributed by atoms with Gasteiger partial charge in [0, 0.05) is 22.6 Å². The van der Waals surface area contributed by atoms with Crippen LogP contribution in [0.15, 0.2) is 40.0 Å². The van der Waals surface area contributed by atoms with Gasteiger partial charge in [-0.05, 0) is 34.1 Å². The molecule has 1 heterocycles. The van der Waals surface area contributed by atoms with E-state index in [4.69, 9.17) is 5.73 Å². The number of aromatic amines is 1. The molecule has 1 aromatic heterocycles. The Bertz CT molecular complexity index is 624. The first kappa shape index (κ1) is 11.9. The molecule has 4 N–H and O–H groups in total. The van der Waals surface area contributed by atoms with Crippen LogP contribution in [0.2, 0.25) is 0 Å². The predicted octanol–water partition coefficient (Wildman–Crippen LogP) is 1.56. The van der Waals surface area contributed by atoms with Crippen molar-refractivity contribution in [2.75, 3.05) is 10.5 Å². The Morgan fingerprint density at radius 2 is 2.18 bits per heavy atom. The molecule has 2 aromatic rings. The zero-order valence-electron chi connectivity index (χ0n) is 8.51. The standard InChI is InChI=1S/C9H9BrN4O2S/c10-7-2-1-6(11)5-8(7)17(15,16)14-9-12-3-4-13-9/h1-5H,11H2,(H2,12,13,14). The van der Waals surface area contributed by atoms with Gasteiger partial charge in [0.1, 0.15) is 4.90 Å². The third kappa shape index (κ3) is 2.59. The van der Waals surface area contributed by atoms with Gasteiger partial charge in [-0.15, -0.1) is 0 Å². The first-order chi connectivity index (χ1) is 7.99. The molecule has 0 spiro atoms. The van der Waals surface area contributed by atoms with Crippen molar-refractivity contribution in [1.82, 2.24) is 9.97 Å². The predicted molar refractivity (Wildman–Crippen MR) is 68.0 cm³/mol. The highest BCUT2D eigenvalue weighted by Crippen LogP contribution is 2.25. The summed E-state index contributed by atoms with van der Waals surface area (Å²) in [6.07, 6.45) is 2.97. The van der Waals surface area contributed by atoms with Gasteiger partial charge in [-0.1, -0.05) is 0 Å². The van der Waals surface area contributed by atoms with Crippen LogP contribution >= 0.6 is 15.9 Å². The molecule has 0 saturated heterocycles. The number of benzene rings is 1. The quantitative estimate of drug-likeness (QED) is 0.748. The number of aromatic nitrogens is 2. The number of sulfonamides is 1. The average Bonchev–Trinajstić information content (AvgIpc) is 2.73. The summed E-state index contributed by atoms with van der Waals surface area (Å²) in [6.45, 7) is 0. The normalized spacial score (nSPS) is 11.4. The lowest BCUT2D eigenvalue weighted by molar-refractivity contribution is 0.600. The maximum atomic E-state index is 12.0. The van der Waals surface area contributed by atoms with Crippen LogP contribution in [-0.4, -0.2) is 18.4 Å². The Balaban J connectivity index is 2.41. The third-order valence-corrected chi connectivity index (χ3v) is 4.31. The Kier molecular flexibility index (Phi) is 3.07. The summed E-state index contributed by atoms with van der Waals surface area (Å²) in [5.74, 6) is 0.152. The summed E-state index contributed by atoms with van der Waals surface area (Å²) in [5, 5.41) is 0. The molecule has 0 atom stereocenters. The molecule has 90 valence electrons. The fraction of sp³-hybridized carbons (Fsp3) is 0. The van der Waals surface area contributed by atoms with Gasteiger partial charge >= 0.3 is 0 Å². The monoisotopic (exact) mass is 316 g/mol. The first-order valence-electron chi connectivity index (χ1n) is 4.56. The molecule has 0 aliphatic rings. The van der Waals surface area contributed by atoms with Gasteiger partial charge in [0.05, 0.1) is 0 Å². The van der Waals surface area contributed by atoms with E-state index >= 15 is 0 Å². The fourth-order valence-electron chi connectivity index (χ4n) is 1.23. The molecule has 0 bridgehead atoms. The lowest BCUT2D eigenvalue weighted by atomic mass is 10.3. The van der Waals surface area contributed by atoms with Crippen LogP contribution in [0.4, 0.5) is 11.6 Å². The minimum Gasteiger partial charge on any atom is -0.399 e. The summed E-state index contributed by atoms with van der Waals surface area (Å²) in [6, 6.07) is 4.55. The zero-order chi connectivity index (χ0) is 12.5. The van der Waals surface area contributed by atoms with E-state index in [1.807, 2.05) is 0 Å². The number of halogens is 1. The van der Waals surface area contributed by atoms with Crippen LogP contribution in [0.5, 0.6) is 0 Å². The minimum absolute atomic E-state index is 0.0638. The Morgan fingerprint density at radius 3 is 2.82 bits per heavy atom. The highest BCUT2D eigenvalue weighted by Gasteiger charge is 2.18. The van der Waals surface area contributed by atoms with E-state index < -0.39 is 10.0 Å². The molecule has 0 saturated carbocycles. The largest absolute Gasteiger partial charge is 0.399 e. The van der Waals surface area contributed by atoms with Crippen LogP contribution in [0.1, 0.15) is 0 Å². The Hall–Kier alpha value is -1.54. The Morgan fingerprint density at radius 1 is 1.41 bits per heavy atom. The van der Waals surface area contributed by atoms with Crippen molar-refractivity contribution >= 4 is 37.6 Å². The number of nitrogens with one attached hydrogen (secondary N) is 2. The van der Waals surface area contributed by atoms with Gasteiger partial charge < -0.3 is 10.7 Å². The highest BCUT2D eigenvalue weighted by atomic mass is 79.9. The molecule has 0 fully saturated rings. The van der Waals surface area contributed by atoms with Crippen LogP contribution in [0, 0.1) is 0 Å². The van der Waals surface area contributed by atoms with E-state index in [1.165, 1.54) is 18.5 Å². The zero-order valence-corrected chi connectivity index (χ0v) is 10.9. The number of hydrogen-bond donors (Lipinski definition) is 3. The second-order valence-corrected chi connectivity index (χ2v) is 5.74. The molecule has 1 aromatic carbocycles. The summed E-state index contributed by atoms with van der Waals surface area (Å²) in [4.78, 5) is 6.50. The van der Waals surface area contributed by atoms with E-state index in [9.17, 15) is 8.42 Å². The SMILES string of the molecule is Nc1ccc(Br)c(S(=O)(=O)Nc2ncc[nH]2)c1. The van der Waals surface area contributed by atoms with Gasteiger partial charge in [-0.3, -0.25) is 0 Å². The molecular formula is C9H9BrN4O2S. The van der Waals surface area contributed by atoms with E-state index in [0.717, 1.165) is 0 Å². The second kappa shape index (κ2) is 4.38. The second-order valence-electron chi connectivity index (χ2n) is 3.23. The van der Waals surface area contributed by atoms with Crippen LogP contribution in [0.3, 0.4) is 0 Å². The summed E-state index contributed by atoms with van der Waals surface area (Å²) in [7, 11) is -3.71. The average molecular weight is 317 g/mol. The summed E-state index contributed by atoms with van der Waals surface area (Å²) < 4.78 is 26.8. The lowest BCUT2D eigenvalue weighted by Crippen LogP contribution is -2.14.